The van der Waals surface area contributed by atoms with Crippen LogP contribution in [0.1, 0.15) is 22.9 Å². The van der Waals surface area contributed by atoms with Crippen molar-refractivity contribution < 1.29 is 9.84 Å². The smallest absolute Gasteiger partial charge is 0.202 e. The van der Waals surface area contributed by atoms with E-state index in [0.717, 1.165) is 18.6 Å². The minimum absolute atomic E-state index is 0.0805. The Bertz CT molecular complexity index is 690. The highest BCUT2D eigenvalue weighted by atomic mass is 32.2. The van der Waals surface area contributed by atoms with E-state index in [1.807, 2.05) is 18.2 Å². The van der Waals surface area contributed by atoms with Gasteiger partial charge in [-0.15, -0.1) is 0 Å². The third-order valence-electron chi connectivity index (χ3n) is 3.58. The summed E-state index contributed by atoms with van der Waals surface area (Å²) in [5, 5.41) is 31.7. The summed E-state index contributed by atoms with van der Waals surface area (Å²) in [7, 11) is 0. The van der Waals surface area contributed by atoms with Crippen molar-refractivity contribution in [1.82, 2.24) is 20.4 Å². The normalized spacial score (nSPS) is 16.6. The predicted octanol–water partition coefficient (Wildman–Crippen LogP) is 0.616. The van der Waals surface area contributed by atoms with E-state index in [4.69, 9.17) is 9.77 Å². The lowest BCUT2D eigenvalue weighted by atomic mass is 9.83. The van der Waals surface area contributed by atoms with Crippen LogP contribution in [0.2, 0.25) is 0 Å². The number of rotatable bonds is 7. The fourth-order valence-corrected chi connectivity index (χ4v) is 2.67. The summed E-state index contributed by atoms with van der Waals surface area (Å²) in [5.41, 5.74) is 2.80. The average molecular weight is 335 g/mol. The highest BCUT2D eigenvalue weighted by molar-refractivity contribution is 7.95. The predicted molar refractivity (Wildman–Crippen MR) is 86.9 cm³/mol. The van der Waals surface area contributed by atoms with Crippen molar-refractivity contribution in [1.29, 1.82) is 0 Å². The molecule has 1 aromatic heterocycles. The molecule has 1 atom stereocenters. The number of benzene rings is 1. The number of hydrogen-bond donors (Lipinski definition) is 5. The first kappa shape index (κ1) is 15.6. The average Bonchev–Trinajstić information content (AvgIpc) is 3.01. The van der Waals surface area contributed by atoms with E-state index in [-0.39, 0.29) is 11.9 Å². The molecule has 10 heteroatoms. The summed E-state index contributed by atoms with van der Waals surface area (Å²) in [4.78, 5) is 0. The Hall–Kier alpha value is -2.30. The second-order valence-electron chi connectivity index (χ2n) is 4.95. The van der Waals surface area contributed by atoms with Gasteiger partial charge in [0.1, 0.15) is 0 Å². The molecule has 0 saturated carbocycles. The van der Waals surface area contributed by atoms with Crippen LogP contribution in [0, 0.1) is 0 Å². The van der Waals surface area contributed by atoms with E-state index >= 15 is 0 Å². The Labute approximate surface area is 136 Å². The molecule has 1 aromatic carbocycles. The van der Waals surface area contributed by atoms with Crippen LogP contribution in [0.4, 0.5) is 5.82 Å². The summed E-state index contributed by atoms with van der Waals surface area (Å²) >= 11 is 1.04. The SMILES string of the molecule is NSNCCNc1nonc1/C(=N/O)NC1Cc2ccccc21. The Morgan fingerprint density at radius 1 is 1.39 bits per heavy atom. The van der Waals surface area contributed by atoms with Gasteiger partial charge in [-0.25, -0.2) is 9.35 Å². The van der Waals surface area contributed by atoms with Crippen molar-refractivity contribution >= 4 is 23.8 Å². The summed E-state index contributed by atoms with van der Waals surface area (Å²) in [6.07, 6.45) is 0.862. The topological polar surface area (TPSA) is 134 Å². The molecule has 122 valence electrons. The van der Waals surface area contributed by atoms with Crippen molar-refractivity contribution in [2.24, 2.45) is 10.3 Å². The molecule has 23 heavy (non-hydrogen) atoms. The quantitative estimate of drug-likeness (QED) is 0.123. The molecule has 0 radical (unpaired) electrons. The summed E-state index contributed by atoms with van der Waals surface area (Å²) in [5.74, 6) is 0.621. The maximum absolute atomic E-state index is 9.30. The Kier molecular flexibility index (Phi) is 4.95. The third kappa shape index (κ3) is 3.38. The zero-order chi connectivity index (χ0) is 16.1. The molecule has 1 heterocycles. The van der Waals surface area contributed by atoms with E-state index in [1.165, 1.54) is 11.1 Å². The van der Waals surface area contributed by atoms with Gasteiger partial charge in [0.05, 0.1) is 6.04 Å². The highest BCUT2D eigenvalue weighted by Gasteiger charge is 2.28. The van der Waals surface area contributed by atoms with Crippen molar-refractivity contribution in [2.45, 2.75) is 12.5 Å². The van der Waals surface area contributed by atoms with Gasteiger partial charge in [0, 0.05) is 25.2 Å². The number of aromatic nitrogens is 2. The monoisotopic (exact) mass is 335 g/mol. The maximum atomic E-state index is 9.30. The molecule has 0 fully saturated rings. The molecule has 2 aromatic rings. The minimum Gasteiger partial charge on any atom is -0.409 e. The van der Waals surface area contributed by atoms with Crippen LogP contribution in [0.5, 0.6) is 0 Å². The zero-order valence-electron chi connectivity index (χ0n) is 12.2. The Morgan fingerprint density at radius 3 is 3.04 bits per heavy atom. The van der Waals surface area contributed by atoms with Gasteiger partial charge in [0.25, 0.3) is 0 Å². The molecule has 0 bridgehead atoms. The number of nitrogens with zero attached hydrogens (tertiary/aromatic N) is 3. The van der Waals surface area contributed by atoms with Gasteiger partial charge >= 0.3 is 0 Å². The van der Waals surface area contributed by atoms with Crippen LogP contribution < -0.4 is 20.5 Å². The molecule has 9 nitrogen and oxygen atoms in total. The fourth-order valence-electron chi connectivity index (χ4n) is 2.45. The molecular weight excluding hydrogens is 318 g/mol. The molecule has 6 N–H and O–H groups in total. The Balaban J connectivity index is 1.65. The van der Waals surface area contributed by atoms with Crippen LogP contribution in [-0.4, -0.2) is 34.4 Å². The molecule has 0 amide bonds. The van der Waals surface area contributed by atoms with Crippen LogP contribution in [0.15, 0.2) is 34.1 Å². The Morgan fingerprint density at radius 2 is 2.26 bits per heavy atom. The highest BCUT2D eigenvalue weighted by Crippen LogP contribution is 2.32. The van der Waals surface area contributed by atoms with Gasteiger partial charge in [0.15, 0.2) is 11.5 Å². The number of hydrogen-bond acceptors (Lipinski definition) is 9. The molecule has 1 aliphatic rings. The van der Waals surface area contributed by atoms with Gasteiger partial charge < -0.3 is 15.8 Å². The summed E-state index contributed by atoms with van der Waals surface area (Å²) in [6.45, 7) is 1.19. The maximum Gasteiger partial charge on any atom is 0.202 e. The standard InChI is InChI=1S/C13H17N7O2S/c14-23-16-6-5-15-12-11(19-22-20-12)13(18-21)17-10-7-8-3-1-2-4-9(8)10/h1-4,10,16,21H,5-7,14H2,(H,15,20)(H,17,18). The van der Waals surface area contributed by atoms with Crippen LogP contribution >= 0.6 is 12.1 Å². The van der Waals surface area contributed by atoms with E-state index in [1.54, 1.807) is 0 Å². The lowest BCUT2D eigenvalue weighted by molar-refractivity contribution is 0.303. The summed E-state index contributed by atoms with van der Waals surface area (Å²) in [6, 6.07) is 8.19. The molecule has 3 rings (SSSR count). The second kappa shape index (κ2) is 7.31. The number of anilines is 1. The van der Waals surface area contributed by atoms with Gasteiger partial charge in [0.2, 0.25) is 5.82 Å². The van der Waals surface area contributed by atoms with Gasteiger partial charge in [-0.05, 0) is 27.9 Å². The lowest BCUT2D eigenvalue weighted by Gasteiger charge is -2.31. The van der Waals surface area contributed by atoms with Crippen molar-refractivity contribution in [3.63, 3.8) is 0 Å². The minimum atomic E-state index is 0.0805. The fraction of sp³-hybridized carbons (Fsp3) is 0.308. The molecule has 0 aliphatic heterocycles. The van der Waals surface area contributed by atoms with E-state index < -0.39 is 0 Å². The molecular formula is C13H17N7O2S. The van der Waals surface area contributed by atoms with Crippen LogP contribution in [-0.2, 0) is 6.42 Å². The molecule has 1 unspecified atom stereocenters. The lowest BCUT2D eigenvalue weighted by Crippen LogP contribution is -2.36. The van der Waals surface area contributed by atoms with Gasteiger partial charge in [-0.2, -0.15) is 0 Å². The number of nitrogens with two attached hydrogens (primary N) is 1. The van der Waals surface area contributed by atoms with E-state index in [0.29, 0.717) is 24.6 Å². The van der Waals surface area contributed by atoms with Crippen molar-refractivity contribution in [3.05, 3.63) is 41.1 Å². The number of oxime groups is 1. The molecule has 1 aliphatic carbocycles. The van der Waals surface area contributed by atoms with Crippen LogP contribution in [0.3, 0.4) is 0 Å². The van der Waals surface area contributed by atoms with Gasteiger partial charge in [-0.3, -0.25) is 5.14 Å². The van der Waals surface area contributed by atoms with E-state index in [2.05, 4.69) is 36.9 Å². The number of nitrogens with one attached hydrogen (secondary N) is 3. The van der Waals surface area contributed by atoms with Crippen molar-refractivity contribution in [3.8, 4) is 0 Å². The first-order chi connectivity index (χ1) is 11.3. The third-order valence-corrected chi connectivity index (χ3v) is 3.95. The summed E-state index contributed by atoms with van der Waals surface area (Å²) < 4.78 is 7.64. The first-order valence-corrected chi connectivity index (χ1v) is 7.93. The van der Waals surface area contributed by atoms with E-state index in [9.17, 15) is 5.21 Å². The van der Waals surface area contributed by atoms with Gasteiger partial charge in [-0.1, -0.05) is 29.4 Å². The molecule has 0 saturated heterocycles. The zero-order valence-corrected chi connectivity index (χ0v) is 13.0. The largest absolute Gasteiger partial charge is 0.409 e. The number of fused-ring (bicyclic) bond motifs is 1. The second-order valence-corrected chi connectivity index (χ2v) is 5.47. The van der Waals surface area contributed by atoms with Crippen LogP contribution in [0.25, 0.3) is 0 Å². The number of amidine groups is 1. The molecule has 0 spiro atoms. The van der Waals surface area contributed by atoms with Crippen molar-refractivity contribution in [2.75, 3.05) is 18.4 Å². The first-order valence-electron chi connectivity index (χ1n) is 7.05.